The van der Waals surface area contributed by atoms with Crippen LogP contribution in [0.25, 0.3) is 0 Å². The summed E-state index contributed by atoms with van der Waals surface area (Å²) >= 11 is 0. The summed E-state index contributed by atoms with van der Waals surface area (Å²) in [6.45, 7) is 11.4. The predicted molar refractivity (Wildman–Crippen MR) is 129 cm³/mol. The first-order valence-corrected chi connectivity index (χ1v) is 11.5. The van der Waals surface area contributed by atoms with Gasteiger partial charge in [-0.1, -0.05) is 88.2 Å². The van der Waals surface area contributed by atoms with Gasteiger partial charge in [-0.15, -0.1) is 0 Å². The van der Waals surface area contributed by atoms with Crippen LogP contribution in [0.15, 0.2) is 60.7 Å². The number of rotatable bonds is 8. The van der Waals surface area contributed by atoms with Crippen molar-refractivity contribution in [3.63, 3.8) is 0 Å². The summed E-state index contributed by atoms with van der Waals surface area (Å²) in [5.74, 6) is 0.973. The van der Waals surface area contributed by atoms with E-state index in [-0.39, 0.29) is 5.16 Å². The molecule has 30 heavy (non-hydrogen) atoms. The van der Waals surface area contributed by atoms with Crippen LogP contribution in [0, 0.1) is 20.8 Å². The monoisotopic (exact) mass is 418 g/mol. The smallest absolute Gasteiger partial charge is 0.150 e. The van der Waals surface area contributed by atoms with E-state index in [4.69, 9.17) is 4.74 Å². The Morgan fingerprint density at radius 3 is 2.37 bits per heavy atom. The fourth-order valence-electron chi connectivity index (χ4n) is 3.82. The van der Waals surface area contributed by atoms with E-state index in [0.717, 1.165) is 46.0 Å². The Bertz CT molecular complexity index is 1030. The highest BCUT2D eigenvalue weighted by molar-refractivity contribution is 7.48. The predicted octanol–water partition coefficient (Wildman–Crippen LogP) is 6.63. The SMILES string of the molecule is CCC(C)(Pc1ccc(C)cc1C=O)c1cc(C)cc(C)c1OCc1ccccc1. The lowest BCUT2D eigenvalue weighted by Gasteiger charge is -2.32. The summed E-state index contributed by atoms with van der Waals surface area (Å²) < 4.78 is 6.41. The standard InChI is InChI=1S/C27H31O2P/c1-6-27(5,30-25-13-12-19(2)15-23(25)17-28)24-16-20(3)14-21(4)26(24)29-18-22-10-8-7-9-11-22/h7-17,30H,6,18H2,1-5H3. The number of carbonyl (C=O) groups is 1. The zero-order chi connectivity index (χ0) is 21.7. The highest BCUT2D eigenvalue weighted by Gasteiger charge is 2.30. The summed E-state index contributed by atoms with van der Waals surface area (Å²) in [7, 11) is 0.477. The topological polar surface area (TPSA) is 26.3 Å². The fourth-order valence-corrected chi connectivity index (χ4v) is 5.36. The minimum atomic E-state index is -0.115. The Morgan fingerprint density at radius 1 is 0.967 bits per heavy atom. The van der Waals surface area contributed by atoms with Crippen molar-refractivity contribution in [2.45, 2.75) is 52.8 Å². The number of ether oxygens (including phenoxy) is 1. The zero-order valence-corrected chi connectivity index (χ0v) is 19.6. The van der Waals surface area contributed by atoms with E-state index < -0.39 is 0 Å². The molecule has 0 radical (unpaired) electrons. The molecule has 2 atom stereocenters. The van der Waals surface area contributed by atoms with Gasteiger partial charge in [-0.3, -0.25) is 4.79 Å². The van der Waals surface area contributed by atoms with Gasteiger partial charge in [-0.25, -0.2) is 0 Å². The van der Waals surface area contributed by atoms with E-state index in [1.165, 1.54) is 11.1 Å². The largest absolute Gasteiger partial charge is 0.488 e. The van der Waals surface area contributed by atoms with Crippen molar-refractivity contribution in [3.05, 3.63) is 94.0 Å². The molecule has 156 valence electrons. The number of benzene rings is 3. The Morgan fingerprint density at radius 2 is 1.70 bits per heavy atom. The van der Waals surface area contributed by atoms with Gasteiger partial charge in [0.15, 0.2) is 6.29 Å². The van der Waals surface area contributed by atoms with Gasteiger partial charge < -0.3 is 4.74 Å². The van der Waals surface area contributed by atoms with E-state index in [0.29, 0.717) is 15.2 Å². The molecule has 0 N–H and O–H groups in total. The third-order valence-electron chi connectivity index (χ3n) is 5.69. The molecule has 3 rings (SSSR count). The summed E-state index contributed by atoms with van der Waals surface area (Å²) in [6, 6.07) is 20.9. The molecule has 2 nitrogen and oxygen atoms in total. The van der Waals surface area contributed by atoms with Crippen LogP contribution in [0.3, 0.4) is 0 Å². The molecule has 3 aromatic rings. The lowest BCUT2D eigenvalue weighted by atomic mass is 9.92. The van der Waals surface area contributed by atoms with Gasteiger partial charge in [0.25, 0.3) is 0 Å². The van der Waals surface area contributed by atoms with E-state index in [2.05, 4.69) is 64.1 Å². The second-order valence-corrected chi connectivity index (χ2v) is 10.1. The van der Waals surface area contributed by atoms with E-state index in [9.17, 15) is 4.79 Å². The van der Waals surface area contributed by atoms with Crippen LogP contribution in [0.1, 0.15) is 58.4 Å². The molecule has 0 aliphatic carbocycles. The highest BCUT2D eigenvalue weighted by Crippen LogP contribution is 2.49. The molecule has 0 aliphatic rings. The fraction of sp³-hybridized carbons (Fsp3) is 0.296. The molecule has 3 heteroatoms. The van der Waals surface area contributed by atoms with Crippen LogP contribution >= 0.6 is 8.58 Å². The van der Waals surface area contributed by atoms with Crippen molar-refractivity contribution in [1.29, 1.82) is 0 Å². The second kappa shape index (κ2) is 9.58. The number of aldehydes is 1. The van der Waals surface area contributed by atoms with E-state index in [1.54, 1.807) is 0 Å². The third kappa shape index (κ3) is 4.99. The van der Waals surface area contributed by atoms with Crippen LogP contribution in [0.2, 0.25) is 0 Å². The van der Waals surface area contributed by atoms with Crippen molar-refractivity contribution in [1.82, 2.24) is 0 Å². The molecule has 0 saturated carbocycles. The molecule has 2 unspecified atom stereocenters. The van der Waals surface area contributed by atoms with E-state index in [1.807, 2.05) is 31.2 Å². The summed E-state index contributed by atoms with van der Waals surface area (Å²) in [5.41, 5.74) is 6.69. The number of carbonyl (C=O) groups excluding carboxylic acids is 1. The van der Waals surface area contributed by atoms with Gasteiger partial charge in [0.05, 0.1) is 0 Å². The van der Waals surface area contributed by atoms with Gasteiger partial charge in [0.2, 0.25) is 0 Å². The van der Waals surface area contributed by atoms with Gasteiger partial charge in [-0.05, 0) is 49.7 Å². The molecule has 0 aromatic heterocycles. The normalized spacial score (nSPS) is 13.4. The first-order chi connectivity index (χ1) is 14.4. The maximum Gasteiger partial charge on any atom is 0.150 e. The Hall–Kier alpha value is -2.44. The first-order valence-electron chi connectivity index (χ1n) is 10.5. The molecular formula is C27H31O2P. The average molecular weight is 419 g/mol. The molecule has 3 aromatic carbocycles. The number of hydrogen-bond acceptors (Lipinski definition) is 2. The van der Waals surface area contributed by atoms with Crippen LogP contribution < -0.4 is 10.0 Å². The molecule has 0 saturated heterocycles. The molecular weight excluding hydrogens is 387 g/mol. The van der Waals surface area contributed by atoms with Crippen molar-refractivity contribution in [3.8, 4) is 5.75 Å². The molecule has 0 heterocycles. The third-order valence-corrected chi connectivity index (χ3v) is 7.59. The Kier molecular flexibility index (Phi) is 7.10. The van der Waals surface area contributed by atoms with Crippen molar-refractivity contribution < 1.29 is 9.53 Å². The number of aryl methyl sites for hydroxylation is 3. The first kappa shape index (κ1) is 22.2. The van der Waals surface area contributed by atoms with Crippen LogP contribution in [0.5, 0.6) is 5.75 Å². The quantitative estimate of drug-likeness (QED) is 0.303. The molecule has 0 fully saturated rings. The lowest BCUT2D eigenvalue weighted by molar-refractivity contribution is 0.112. The highest BCUT2D eigenvalue weighted by atomic mass is 31.1. The maximum absolute atomic E-state index is 11.7. The van der Waals surface area contributed by atoms with E-state index >= 15 is 0 Å². The average Bonchev–Trinajstić information content (AvgIpc) is 2.74. The molecule has 0 amide bonds. The summed E-state index contributed by atoms with van der Waals surface area (Å²) in [6.07, 6.45) is 1.95. The van der Waals surface area contributed by atoms with Crippen molar-refractivity contribution in [2.75, 3.05) is 0 Å². The van der Waals surface area contributed by atoms with Gasteiger partial charge in [-0.2, -0.15) is 0 Å². The Balaban J connectivity index is 2.01. The summed E-state index contributed by atoms with van der Waals surface area (Å²) in [4.78, 5) is 11.7. The molecule has 0 aliphatic heterocycles. The van der Waals surface area contributed by atoms with Gasteiger partial charge in [0, 0.05) is 16.3 Å². The molecule has 0 bridgehead atoms. The number of hydrogen-bond donors (Lipinski definition) is 0. The second-order valence-electron chi connectivity index (χ2n) is 8.25. The van der Waals surface area contributed by atoms with Crippen LogP contribution in [0.4, 0.5) is 0 Å². The van der Waals surface area contributed by atoms with Gasteiger partial charge >= 0.3 is 0 Å². The minimum Gasteiger partial charge on any atom is -0.488 e. The molecule has 0 spiro atoms. The van der Waals surface area contributed by atoms with Gasteiger partial charge in [0.1, 0.15) is 12.4 Å². The van der Waals surface area contributed by atoms with Crippen molar-refractivity contribution >= 4 is 20.2 Å². The van der Waals surface area contributed by atoms with Crippen LogP contribution in [-0.2, 0) is 11.8 Å². The summed E-state index contributed by atoms with van der Waals surface area (Å²) in [5, 5.41) is 1.00. The van der Waals surface area contributed by atoms with Crippen molar-refractivity contribution in [2.24, 2.45) is 0 Å². The Labute approximate surface area is 182 Å². The van der Waals surface area contributed by atoms with Crippen LogP contribution in [-0.4, -0.2) is 6.29 Å². The maximum atomic E-state index is 11.7. The lowest BCUT2D eigenvalue weighted by Crippen LogP contribution is -2.22. The minimum absolute atomic E-state index is 0.115. The zero-order valence-electron chi connectivity index (χ0n) is 18.6.